The van der Waals surface area contributed by atoms with Gasteiger partial charge in [-0.1, -0.05) is 17.7 Å². The Balaban J connectivity index is 1.73. The molecule has 0 spiro atoms. The number of rotatable bonds is 5. The number of benzene rings is 1. The third-order valence-electron chi connectivity index (χ3n) is 4.77. The van der Waals surface area contributed by atoms with Gasteiger partial charge in [0, 0.05) is 30.1 Å². The molecule has 0 saturated heterocycles. The number of aryl methyl sites for hydroxylation is 3. The Labute approximate surface area is 171 Å². The largest absolute Gasteiger partial charge is 0.324 e. The number of amides is 1. The number of nitrogens with zero attached hydrogens (tertiary/aromatic N) is 5. The zero-order valence-electron chi connectivity index (χ0n) is 16.7. The number of nitrogens with one attached hydrogen (secondary N) is 1. The van der Waals surface area contributed by atoms with Crippen molar-refractivity contribution in [3.05, 3.63) is 59.5 Å². The van der Waals surface area contributed by atoms with Crippen LogP contribution >= 0.6 is 0 Å². The molecular formula is C21H20F2N6O. The van der Waals surface area contributed by atoms with E-state index in [4.69, 9.17) is 0 Å². The molecule has 0 atom stereocenters. The second-order valence-corrected chi connectivity index (χ2v) is 7.16. The number of aromatic nitrogens is 5. The number of alkyl halides is 2. The molecular weight excluding hydrogens is 390 g/mol. The van der Waals surface area contributed by atoms with Gasteiger partial charge in [-0.05, 0) is 32.0 Å². The standard InChI is InChI=1S/C21H20F2N6O/c1-12-4-6-15(7-5-12)25-18(30)11-29-21-19(13(2)27-29)16(20(22)23)8-17(26-21)14-9-24-28(3)10-14/h4-10,20H,11H2,1-3H3,(H,25,30). The van der Waals surface area contributed by atoms with Crippen molar-refractivity contribution in [3.8, 4) is 11.3 Å². The first-order chi connectivity index (χ1) is 14.3. The molecule has 0 aliphatic heterocycles. The van der Waals surface area contributed by atoms with Crippen LogP contribution in [0.5, 0.6) is 0 Å². The van der Waals surface area contributed by atoms with Crippen LogP contribution < -0.4 is 5.32 Å². The van der Waals surface area contributed by atoms with Crippen molar-refractivity contribution < 1.29 is 13.6 Å². The third kappa shape index (κ3) is 3.78. The monoisotopic (exact) mass is 410 g/mol. The van der Waals surface area contributed by atoms with Crippen molar-refractivity contribution >= 4 is 22.6 Å². The van der Waals surface area contributed by atoms with Crippen molar-refractivity contribution in [2.24, 2.45) is 7.05 Å². The summed E-state index contributed by atoms with van der Waals surface area (Å²) in [6.07, 6.45) is 0.547. The molecule has 30 heavy (non-hydrogen) atoms. The summed E-state index contributed by atoms with van der Waals surface area (Å²) in [6.45, 7) is 3.44. The summed E-state index contributed by atoms with van der Waals surface area (Å²) in [7, 11) is 1.74. The second kappa shape index (κ2) is 7.66. The van der Waals surface area contributed by atoms with Crippen LogP contribution in [0.3, 0.4) is 0 Å². The minimum Gasteiger partial charge on any atom is -0.324 e. The Bertz CT molecular complexity index is 1230. The van der Waals surface area contributed by atoms with E-state index in [1.165, 1.54) is 10.7 Å². The van der Waals surface area contributed by atoms with E-state index in [9.17, 15) is 13.6 Å². The molecule has 1 amide bonds. The second-order valence-electron chi connectivity index (χ2n) is 7.16. The topological polar surface area (TPSA) is 77.6 Å². The zero-order chi connectivity index (χ0) is 21.4. The van der Waals surface area contributed by atoms with Crippen molar-refractivity contribution in [1.29, 1.82) is 0 Å². The average molecular weight is 410 g/mol. The first-order valence-corrected chi connectivity index (χ1v) is 9.33. The molecule has 0 saturated carbocycles. The minimum atomic E-state index is -2.70. The van der Waals surface area contributed by atoms with Crippen LogP contribution in [0.1, 0.15) is 23.2 Å². The number of pyridine rings is 1. The summed E-state index contributed by atoms with van der Waals surface area (Å²) >= 11 is 0. The highest BCUT2D eigenvalue weighted by molar-refractivity contribution is 5.92. The maximum atomic E-state index is 13.8. The van der Waals surface area contributed by atoms with Crippen molar-refractivity contribution in [2.45, 2.75) is 26.8 Å². The van der Waals surface area contributed by atoms with Gasteiger partial charge in [0.25, 0.3) is 6.43 Å². The molecule has 7 nitrogen and oxygen atoms in total. The van der Waals surface area contributed by atoms with Gasteiger partial charge in [-0.15, -0.1) is 0 Å². The molecule has 1 N–H and O–H groups in total. The Morgan fingerprint density at radius 3 is 2.57 bits per heavy atom. The average Bonchev–Trinajstić information content (AvgIpc) is 3.26. The number of hydrogen-bond donors (Lipinski definition) is 1. The zero-order valence-corrected chi connectivity index (χ0v) is 16.7. The van der Waals surface area contributed by atoms with E-state index in [0.717, 1.165) is 5.56 Å². The number of fused-ring (bicyclic) bond motifs is 1. The smallest absolute Gasteiger partial charge is 0.264 e. The number of halogens is 2. The van der Waals surface area contributed by atoms with Crippen LogP contribution in [0.25, 0.3) is 22.3 Å². The van der Waals surface area contributed by atoms with Crippen LogP contribution in [-0.2, 0) is 18.4 Å². The summed E-state index contributed by atoms with van der Waals surface area (Å²) in [4.78, 5) is 17.1. The van der Waals surface area contributed by atoms with Gasteiger partial charge in [0.15, 0.2) is 5.65 Å². The highest BCUT2D eigenvalue weighted by atomic mass is 19.3. The van der Waals surface area contributed by atoms with E-state index in [1.54, 1.807) is 43.2 Å². The highest BCUT2D eigenvalue weighted by Crippen LogP contribution is 2.32. The van der Waals surface area contributed by atoms with E-state index in [1.807, 2.05) is 19.1 Å². The maximum absolute atomic E-state index is 13.8. The summed E-state index contributed by atoms with van der Waals surface area (Å²) in [5.41, 5.74) is 3.16. The van der Waals surface area contributed by atoms with E-state index < -0.39 is 6.43 Å². The molecule has 0 bridgehead atoms. The van der Waals surface area contributed by atoms with Gasteiger partial charge in [-0.2, -0.15) is 10.2 Å². The lowest BCUT2D eigenvalue weighted by Crippen LogP contribution is -2.19. The number of anilines is 1. The lowest BCUT2D eigenvalue weighted by Gasteiger charge is -2.08. The lowest BCUT2D eigenvalue weighted by molar-refractivity contribution is -0.116. The molecule has 0 aliphatic rings. The van der Waals surface area contributed by atoms with Crippen LogP contribution in [0.15, 0.2) is 42.7 Å². The molecule has 3 aromatic heterocycles. The van der Waals surface area contributed by atoms with E-state index in [0.29, 0.717) is 22.6 Å². The Morgan fingerprint density at radius 1 is 1.20 bits per heavy atom. The Kier molecular flexibility index (Phi) is 5.03. The molecule has 9 heteroatoms. The van der Waals surface area contributed by atoms with E-state index in [-0.39, 0.29) is 29.0 Å². The fraction of sp³-hybridized carbons (Fsp3) is 0.238. The predicted octanol–water partition coefficient (Wildman–Crippen LogP) is 4.02. The maximum Gasteiger partial charge on any atom is 0.264 e. The van der Waals surface area contributed by atoms with Gasteiger partial charge in [-0.25, -0.2) is 18.4 Å². The fourth-order valence-corrected chi connectivity index (χ4v) is 3.34. The normalized spacial score (nSPS) is 11.4. The van der Waals surface area contributed by atoms with E-state index in [2.05, 4.69) is 20.5 Å². The minimum absolute atomic E-state index is 0.148. The lowest BCUT2D eigenvalue weighted by atomic mass is 10.1. The van der Waals surface area contributed by atoms with Crippen molar-refractivity contribution in [2.75, 3.05) is 5.32 Å². The molecule has 4 aromatic rings. The first kappa shape index (κ1) is 19.7. The quantitative estimate of drug-likeness (QED) is 0.539. The molecule has 1 aromatic carbocycles. The highest BCUT2D eigenvalue weighted by Gasteiger charge is 2.22. The number of hydrogen-bond acceptors (Lipinski definition) is 4. The van der Waals surface area contributed by atoms with Gasteiger partial charge in [0.05, 0.1) is 23.0 Å². The first-order valence-electron chi connectivity index (χ1n) is 9.33. The Morgan fingerprint density at radius 2 is 1.93 bits per heavy atom. The summed E-state index contributed by atoms with van der Waals surface area (Å²) in [5, 5.41) is 11.4. The Hall–Kier alpha value is -3.62. The molecule has 4 rings (SSSR count). The summed E-state index contributed by atoms with van der Waals surface area (Å²) in [5.74, 6) is -0.324. The predicted molar refractivity (Wildman–Crippen MR) is 109 cm³/mol. The van der Waals surface area contributed by atoms with Gasteiger partial charge in [0.2, 0.25) is 5.91 Å². The van der Waals surface area contributed by atoms with Gasteiger partial charge in [-0.3, -0.25) is 9.48 Å². The van der Waals surface area contributed by atoms with Gasteiger partial charge < -0.3 is 5.32 Å². The summed E-state index contributed by atoms with van der Waals surface area (Å²) < 4.78 is 30.5. The van der Waals surface area contributed by atoms with Crippen LogP contribution in [0, 0.1) is 13.8 Å². The number of carbonyl (C=O) groups excluding carboxylic acids is 1. The van der Waals surface area contributed by atoms with Gasteiger partial charge >= 0.3 is 0 Å². The van der Waals surface area contributed by atoms with Crippen LogP contribution in [-0.4, -0.2) is 30.5 Å². The molecule has 0 unspecified atom stereocenters. The fourth-order valence-electron chi connectivity index (χ4n) is 3.34. The summed E-state index contributed by atoms with van der Waals surface area (Å²) in [6, 6.07) is 8.73. The van der Waals surface area contributed by atoms with Crippen molar-refractivity contribution in [1.82, 2.24) is 24.5 Å². The number of carbonyl (C=O) groups is 1. The molecule has 0 fully saturated rings. The molecule has 0 aliphatic carbocycles. The van der Waals surface area contributed by atoms with E-state index >= 15 is 0 Å². The molecule has 0 radical (unpaired) electrons. The third-order valence-corrected chi connectivity index (χ3v) is 4.77. The van der Waals surface area contributed by atoms with Gasteiger partial charge in [0.1, 0.15) is 6.54 Å². The van der Waals surface area contributed by atoms with Crippen molar-refractivity contribution in [3.63, 3.8) is 0 Å². The molecule has 3 heterocycles. The van der Waals surface area contributed by atoms with Crippen LogP contribution in [0.2, 0.25) is 0 Å². The molecule has 154 valence electrons. The SMILES string of the molecule is Cc1ccc(NC(=O)Cn2nc(C)c3c(C(F)F)cc(-c4cnn(C)c4)nc32)cc1. The van der Waals surface area contributed by atoms with Crippen LogP contribution in [0.4, 0.5) is 14.5 Å².